The van der Waals surface area contributed by atoms with Gasteiger partial charge in [-0.3, -0.25) is 4.79 Å². The van der Waals surface area contributed by atoms with Crippen molar-refractivity contribution in [2.45, 2.75) is 30.9 Å². The molecule has 112 valence electrons. The summed E-state index contributed by atoms with van der Waals surface area (Å²) in [6.45, 7) is 0.137. The highest BCUT2D eigenvalue weighted by atomic mass is 32.2. The Balaban J connectivity index is 2.58. The molecule has 0 unspecified atom stereocenters. The molecule has 7 nitrogen and oxygen atoms in total. The van der Waals surface area contributed by atoms with Crippen molar-refractivity contribution in [3.05, 3.63) is 0 Å². The summed E-state index contributed by atoms with van der Waals surface area (Å²) in [5.41, 5.74) is 0. The number of carboxylic acids is 1. The maximum atomic E-state index is 12.2. The molecule has 1 fully saturated rings. The fourth-order valence-corrected chi connectivity index (χ4v) is 5.51. The molecule has 0 aromatic carbocycles. The van der Waals surface area contributed by atoms with Crippen LogP contribution >= 0.6 is 0 Å². The molecule has 0 aromatic rings. The molecule has 1 aliphatic heterocycles. The Kier molecular flexibility index (Phi) is 5.34. The molecule has 1 rings (SSSR count). The molecule has 0 atom stereocenters. The second-order valence-corrected chi connectivity index (χ2v) is 9.34. The average Bonchev–Trinajstić information content (AvgIpc) is 2.27. The lowest BCUT2D eigenvalue weighted by atomic mass is 10.2. The van der Waals surface area contributed by atoms with Crippen molar-refractivity contribution in [1.82, 2.24) is 4.31 Å². The Bertz CT molecular complexity index is 510. The number of rotatable bonds is 6. The maximum Gasteiger partial charge on any atom is 0.303 e. The lowest BCUT2D eigenvalue weighted by Gasteiger charge is -2.27. The van der Waals surface area contributed by atoms with Crippen LogP contribution in [0.4, 0.5) is 0 Å². The first-order valence-electron chi connectivity index (χ1n) is 6.02. The Morgan fingerprint density at radius 1 is 1.32 bits per heavy atom. The lowest BCUT2D eigenvalue weighted by molar-refractivity contribution is -0.137. The Hall–Kier alpha value is -0.670. The van der Waals surface area contributed by atoms with Crippen LogP contribution in [0.2, 0.25) is 0 Å². The summed E-state index contributed by atoms with van der Waals surface area (Å²) >= 11 is 0. The van der Waals surface area contributed by atoms with Crippen molar-refractivity contribution in [3.63, 3.8) is 0 Å². The molecule has 0 saturated carbocycles. The number of carboxylic acid groups (broad SMARTS) is 1. The van der Waals surface area contributed by atoms with Crippen molar-refractivity contribution >= 4 is 25.8 Å². The van der Waals surface area contributed by atoms with Gasteiger partial charge in [-0.15, -0.1) is 0 Å². The number of hydrogen-bond acceptors (Lipinski definition) is 5. The largest absolute Gasteiger partial charge is 0.481 e. The van der Waals surface area contributed by atoms with Crippen LogP contribution in [-0.4, -0.2) is 62.6 Å². The van der Waals surface area contributed by atoms with Crippen LogP contribution in [0, 0.1) is 0 Å². The normalized spacial score (nSPS) is 20.5. The SMILES string of the molecule is CN(CCCC(=O)O)S(=O)(=O)C1CCS(=O)(=O)CC1. The van der Waals surface area contributed by atoms with E-state index in [0.29, 0.717) is 0 Å². The molecule has 0 aliphatic carbocycles. The molecule has 0 bridgehead atoms. The smallest absolute Gasteiger partial charge is 0.303 e. The minimum Gasteiger partial charge on any atom is -0.481 e. The zero-order valence-corrected chi connectivity index (χ0v) is 12.4. The van der Waals surface area contributed by atoms with Crippen LogP contribution < -0.4 is 0 Å². The van der Waals surface area contributed by atoms with Gasteiger partial charge >= 0.3 is 5.97 Å². The molecular weight excluding hydrogens is 294 g/mol. The van der Waals surface area contributed by atoms with Gasteiger partial charge in [0, 0.05) is 20.0 Å². The van der Waals surface area contributed by atoms with Crippen molar-refractivity contribution in [1.29, 1.82) is 0 Å². The molecule has 0 radical (unpaired) electrons. The van der Waals surface area contributed by atoms with Gasteiger partial charge in [-0.1, -0.05) is 0 Å². The van der Waals surface area contributed by atoms with Gasteiger partial charge in [-0.05, 0) is 19.3 Å². The van der Waals surface area contributed by atoms with E-state index < -0.39 is 31.1 Å². The summed E-state index contributed by atoms with van der Waals surface area (Å²) in [4.78, 5) is 10.4. The maximum absolute atomic E-state index is 12.2. The second kappa shape index (κ2) is 6.19. The number of hydrogen-bond donors (Lipinski definition) is 1. The van der Waals surface area contributed by atoms with Crippen molar-refractivity contribution in [3.8, 4) is 0 Å². The van der Waals surface area contributed by atoms with E-state index in [-0.39, 0.29) is 43.7 Å². The van der Waals surface area contributed by atoms with Gasteiger partial charge in [0.05, 0.1) is 16.8 Å². The average molecular weight is 313 g/mol. The van der Waals surface area contributed by atoms with Crippen LogP contribution in [0.15, 0.2) is 0 Å². The lowest BCUT2D eigenvalue weighted by Crippen LogP contribution is -2.41. The Morgan fingerprint density at radius 3 is 2.32 bits per heavy atom. The quantitative estimate of drug-likeness (QED) is 0.720. The summed E-state index contributed by atoms with van der Waals surface area (Å²) in [7, 11) is -5.22. The number of nitrogens with zero attached hydrogens (tertiary/aromatic N) is 1. The highest BCUT2D eigenvalue weighted by Crippen LogP contribution is 2.21. The standard InChI is InChI=1S/C10H19NO6S2/c1-11(6-2-3-10(12)13)19(16,17)9-4-7-18(14,15)8-5-9/h9H,2-8H2,1H3,(H,12,13). The third kappa shape index (κ3) is 4.73. The molecule has 9 heteroatoms. The van der Waals surface area contributed by atoms with E-state index in [4.69, 9.17) is 5.11 Å². The zero-order chi connectivity index (χ0) is 14.7. The monoisotopic (exact) mass is 313 g/mol. The molecule has 1 heterocycles. The van der Waals surface area contributed by atoms with Crippen LogP contribution in [0.1, 0.15) is 25.7 Å². The first kappa shape index (κ1) is 16.4. The summed E-state index contributed by atoms with van der Waals surface area (Å²) in [5, 5.41) is 7.83. The molecule has 0 aromatic heterocycles. The Morgan fingerprint density at radius 2 is 1.84 bits per heavy atom. The van der Waals surface area contributed by atoms with Gasteiger partial charge in [0.2, 0.25) is 10.0 Å². The van der Waals surface area contributed by atoms with E-state index in [1.807, 2.05) is 0 Å². The highest BCUT2D eigenvalue weighted by Gasteiger charge is 2.35. The molecule has 0 amide bonds. The molecule has 1 saturated heterocycles. The summed E-state index contributed by atoms with van der Waals surface area (Å²) < 4.78 is 48.0. The summed E-state index contributed by atoms with van der Waals surface area (Å²) in [6, 6.07) is 0. The van der Waals surface area contributed by atoms with Crippen molar-refractivity contribution in [2.75, 3.05) is 25.1 Å². The molecule has 1 aliphatic rings. The number of sulfone groups is 1. The molecule has 0 spiro atoms. The van der Waals surface area contributed by atoms with E-state index in [9.17, 15) is 21.6 Å². The van der Waals surface area contributed by atoms with Crippen LogP contribution in [0.25, 0.3) is 0 Å². The second-order valence-electron chi connectivity index (χ2n) is 4.71. The fraction of sp³-hybridized carbons (Fsp3) is 0.900. The van der Waals surface area contributed by atoms with Gasteiger partial charge in [0.25, 0.3) is 0 Å². The topological polar surface area (TPSA) is 109 Å². The highest BCUT2D eigenvalue weighted by molar-refractivity contribution is 7.92. The van der Waals surface area contributed by atoms with E-state index in [0.717, 1.165) is 4.31 Å². The number of sulfonamides is 1. The number of aliphatic carboxylic acids is 1. The first-order valence-corrected chi connectivity index (χ1v) is 9.35. The molecular formula is C10H19NO6S2. The predicted octanol–water partition coefficient (Wildman–Crippen LogP) is -0.310. The molecule has 1 N–H and O–H groups in total. The number of carbonyl (C=O) groups is 1. The van der Waals surface area contributed by atoms with Gasteiger partial charge in [-0.25, -0.2) is 21.1 Å². The van der Waals surface area contributed by atoms with E-state index in [1.165, 1.54) is 7.05 Å². The van der Waals surface area contributed by atoms with Crippen LogP contribution in [-0.2, 0) is 24.7 Å². The van der Waals surface area contributed by atoms with Crippen LogP contribution in [0.3, 0.4) is 0 Å². The minimum absolute atomic E-state index is 0.0844. The van der Waals surface area contributed by atoms with Gasteiger partial charge in [0.15, 0.2) is 0 Å². The Labute approximate surface area is 113 Å². The zero-order valence-electron chi connectivity index (χ0n) is 10.8. The third-order valence-electron chi connectivity index (χ3n) is 3.22. The first-order chi connectivity index (χ1) is 8.65. The van der Waals surface area contributed by atoms with E-state index in [2.05, 4.69) is 0 Å². The fourth-order valence-electron chi connectivity index (χ4n) is 2.00. The third-order valence-corrected chi connectivity index (χ3v) is 7.30. The van der Waals surface area contributed by atoms with E-state index in [1.54, 1.807) is 0 Å². The molecule has 19 heavy (non-hydrogen) atoms. The van der Waals surface area contributed by atoms with Crippen molar-refractivity contribution in [2.24, 2.45) is 0 Å². The van der Waals surface area contributed by atoms with E-state index >= 15 is 0 Å². The van der Waals surface area contributed by atoms with Gasteiger partial charge in [0.1, 0.15) is 9.84 Å². The van der Waals surface area contributed by atoms with Gasteiger partial charge in [-0.2, -0.15) is 0 Å². The summed E-state index contributed by atoms with van der Waals surface area (Å²) in [5.74, 6) is -1.16. The van der Waals surface area contributed by atoms with Crippen molar-refractivity contribution < 1.29 is 26.7 Å². The van der Waals surface area contributed by atoms with Gasteiger partial charge < -0.3 is 5.11 Å². The minimum atomic E-state index is -3.53. The summed E-state index contributed by atoms with van der Waals surface area (Å²) in [6.07, 6.45) is 0.400. The van der Waals surface area contributed by atoms with Crippen LogP contribution in [0.5, 0.6) is 0 Å². The predicted molar refractivity (Wildman–Crippen MR) is 70.1 cm³/mol.